The lowest BCUT2D eigenvalue weighted by molar-refractivity contribution is 0.276. The SMILES string of the molecule is Clc1ccc(OCC2CSCCN2)c(Cl)c1. The Hall–Kier alpha value is -0.0900. The number of nitrogens with one attached hydrogen (secondary N) is 1. The summed E-state index contributed by atoms with van der Waals surface area (Å²) in [5.74, 6) is 2.96. The highest BCUT2D eigenvalue weighted by Gasteiger charge is 2.14. The van der Waals surface area contributed by atoms with Gasteiger partial charge in [-0.25, -0.2) is 0 Å². The van der Waals surface area contributed by atoms with Crippen molar-refractivity contribution in [3.05, 3.63) is 28.2 Å². The van der Waals surface area contributed by atoms with E-state index in [1.165, 1.54) is 5.75 Å². The topological polar surface area (TPSA) is 21.3 Å². The van der Waals surface area contributed by atoms with E-state index in [2.05, 4.69) is 5.32 Å². The van der Waals surface area contributed by atoms with Crippen LogP contribution in [0.4, 0.5) is 0 Å². The van der Waals surface area contributed by atoms with Crippen LogP contribution in [0.15, 0.2) is 18.2 Å². The summed E-state index contributed by atoms with van der Waals surface area (Å²) in [7, 11) is 0. The summed E-state index contributed by atoms with van der Waals surface area (Å²) >= 11 is 13.8. The van der Waals surface area contributed by atoms with Crippen LogP contribution in [-0.4, -0.2) is 30.7 Å². The minimum atomic E-state index is 0.408. The summed E-state index contributed by atoms with van der Waals surface area (Å²) in [5.41, 5.74) is 0. The molecule has 1 heterocycles. The fourth-order valence-electron chi connectivity index (χ4n) is 1.51. The second-order valence-corrected chi connectivity index (χ2v) is 5.61. The van der Waals surface area contributed by atoms with Crippen LogP contribution in [0, 0.1) is 0 Å². The van der Waals surface area contributed by atoms with Gasteiger partial charge in [-0.1, -0.05) is 23.2 Å². The molecule has 1 atom stereocenters. The highest BCUT2D eigenvalue weighted by Crippen LogP contribution is 2.27. The Morgan fingerprint density at radius 2 is 2.31 bits per heavy atom. The molecule has 5 heteroatoms. The molecule has 16 heavy (non-hydrogen) atoms. The van der Waals surface area contributed by atoms with Gasteiger partial charge in [-0.15, -0.1) is 0 Å². The molecular weight excluding hydrogens is 265 g/mol. The van der Waals surface area contributed by atoms with Crippen LogP contribution in [0.3, 0.4) is 0 Å². The molecule has 2 nitrogen and oxygen atoms in total. The van der Waals surface area contributed by atoms with Crippen molar-refractivity contribution in [2.75, 3.05) is 24.7 Å². The minimum Gasteiger partial charge on any atom is -0.490 e. The van der Waals surface area contributed by atoms with E-state index in [1.807, 2.05) is 11.8 Å². The van der Waals surface area contributed by atoms with Crippen molar-refractivity contribution < 1.29 is 4.74 Å². The van der Waals surface area contributed by atoms with E-state index in [1.54, 1.807) is 18.2 Å². The maximum Gasteiger partial charge on any atom is 0.138 e. The van der Waals surface area contributed by atoms with Gasteiger partial charge >= 0.3 is 0 Å². The molecule has 0 aliphatic carbocycles. The summed E-state index contributed by atoms with van der Waals surface area (Å²) in [6.07, 6.45) is 0. The van der Waals surface area contributed by atoms with Crippen LogP contribution < -0.4 is 10.1 Å². The minimum absolute atomic E-state index is 0.408. The lowest BCUT2D eigenvalue weighted by Crippen LogP contribution is -2.41. The molecule has 0 amide bonds. The third-order valence-electron chi connectivity index (χ3n) is 2.33. The molecule has 1 aliphatic heterocycles. The van der Waals surface area contributed by atoms with Crippen LogP contribution in [0.1, 0.15) is 0 Å². The molecule has 1 aromatic carbocycles. The van der Waals surface area contributed by atoms with Crippen molar-refractivity contribution in [1.82, 2.24) is 5.32 Å². The lowest BCUT2D eigenvalue weighted by atomic mass is 10.3. The average molecular weight is 278 g/mol. The van der Waals surface area contributed by atoms with Gasteiger partial charge in [0.2, 0.25) is 0 Å². The molecule has 0 saturated carbocycles. The lowest BCUT2D eigenvalue weighted by Gasteiger charge is -2.23. The first-order valence-electron chi connectivity index (χ1n) is 5.14. The maximum atomic E-state index is 6.01. The Morgan fingerprint density at radius 1 is 1.44 bits per heavy atom. The van der Waals surface area contributed by atoms with Gasteiger partial charge in [-0.05, 0) is 18.2 Å². The van der Waals surface area contributed by atoms with Crippen molar-refractivity contribution in [2.24, 2.45) is 0 Å². The Morgan fingerprint density at radius 3 is 3.00 bits per heavy atom. The largest absolute Gasteiger partial charge is 0.490 e. The van der Waals surface area contributed by atoms with E-state index < -0.39 is 0 Å². The molecule has 1 aromatic rings. The van der Waals surface area contributed by atoms with E-state index in [-0.39, 0.29) is 0 Å². The number of hydrogen-bond acceptors (Lipinski definition) is 3. The molecule has 0 bridgehead atoms. The molecule has 0 radical (unpaired) electrons. The summed E-state index contributed by atoms with van der Waals surface area (Å²) < 4.78 is 5.66. The Balaban J connectivity index is 1.88. The van der Waals surface area contributed by atoms with Gasteiger partial charge in [0.05, 0.1) is 11.1 Å². The van der Waals surface area contributed by atoms with Crippen molar-refractivity contribution in [1.29, 1.82) is 0 Å². The Kier molecular flexibility index (Phi) is 4.65. The van der Waals surface area contributed by atoms with Crippen molar-refractivity contribution in [3.63, 3.8) is 0 Å². The molecule has 1 fully saturated rings. The van der Waals surface area contributed by atoms with Crippen molar-refractivity contribution in [2.45, 2.75) is 6.04 Å². The fourth-order valence-corrected chi connectivity index (χ4v) is 2.90. The van der Waals surface area contributed by atoms with Crippen LogP contribution in [0.2, 0.25) is 10.0 Å². The fraction of sp³-hybridized carbons (Fsp3) is 0.455. The second kappa shape index (κ2) is 6.01. The molecular formula is C11H13Cl2NOS. The molecule has 88 valence electrons. The predicted octanol–water partition coefficient (Wildman–Crippen LogP) is 3.08. The zero-order valence-electron chi connectivity index (χ0n) is 8.71. The van der Waals surface area contributed by atoms with Crippen LogP contribution in [0.25, 0.3) is 0 Å². The predicted molar refractivity (Wildman–Crippen MR) is 71.1 cm³/mol. The van der Waals surface area contributed by atoms with Gasteiger partial charge in [0.1, 0.15) is 12.4 Å². The highest BCUT2D eigenvalue weighted by atomic mass is 35.5. The van der Waals surface area contributed by atoms with Crippen LogP contribution in [-0.2, 0) is 0 Å². The summed E-state index contributed by atoms with van der Waals surface area (Å²) in [5, 5.41) is 4.60. The maximum absolute atomic E-state index is 6.01. The normalized spacial score (nSPS) is 20.8. The van der Waals surface area contributed by atoms with E-state index in [0.717, 1.165) is 12.3 Å². The number of rotatable bonds is 3. The molecule has 1 unspecified atom stereocenters. The zero-order valence-corrected chi connectivity index (χ0v) is 11.0. The number of hydrogen-bond donors (Lipinski definition) is 1. The first kappa shape index (κ1) is 12.4. The molecule has 0 spiro atoms. The van der Waals surface area contributed by atoms with E-state index in [0.29, 0.717) is 28.4 Å². The smallest absolute Gasteiger partial charge is 0.138 e. The Labute approximate surface area is 110 Å². The third-order valence-corrected chi connectivity index (χ3v) is 3.99. The summed E-state index contributed by atoms with van der Waals surface area (Å²) in [4.78, 5) is 0. The molecule has 1 aliphatic rings. The zero-order chi connectivity index (χ0) is 11.4. The van der Waals surface area contributed by atoms with Crippen molar-refractivity contribution >= 4 is 35.0 Å². The first-order valence-corrected chi connectivity index (χ1v) is 7.06. The van der Waals surface area contributed by atoms with E-state index in [9.17, 15) is 0 Å². The van der Waals surface area contributed by atoms with Gasteiger partial charge in [-0.2, -0.15) is 11.8 Å². The number of halogens is 2. The molecule has 1 N–H and O–H groups in total. The quantitative estimate of drug-likeness (QED) is 0.918. The van der Waals surface area contributed by atoms with Gasteiger partial charge in [0, 0.05) is 23.1 Å². The summed E-state index contributed by atoms with van der Waals surface area (Å²) in [6, 6.07) is 5.69. The third kappa shape index (κ3) is 3.45. The van der Waals surface area contributed by atoms with E-state index in [4.69, 9.17) is 27.9 Å². The van der Waals surface area contributed by atoms with Crippen LogP contribution >= 0.6 is 35.0 Å². The van der Waals surface area contributed by atoms with Gasteiger partial charge in [-0.3, -0.25) is 0 Å². The number of ether oxygens (including phenoxy) is 1. The highest BCUT2D eigenvalue weighted by molar-refractivity contribution is 7.99. The monoisotopic (exact) mass is 277 g/mol. The summed E-state index contributed by atoms with van der Waals surface area (Å²) in [6.45, 7) is 1.70. The average Bonchev–Trinajstić information content (AvgIpc) is 2.29. The second-order valence-electron chi connectivity index (χ2n) is 3.61. The van der Waals surface area contributed by atoms with Gasteiger partial charge in [0.15, 0.2) is 0 Å². The van der Waals surface area contributed by atoms with Crippen molar-refractivity contribution in [3.8, 4) is 5.75 Å². The number of thioether (sulfide) groups is 1. The van der Waals surface area contributed by atoms with Gasteiger partial charge in [0.25, 0.3) is 0 Å². The molecule has 0 aromatic heterocycles. The molecule has 2 rings (SSSR count). The Bertz CT molecular complexity index is 356. The van der Waals surface area contributed by atoms with E-state index >= 15 is 0 Å². The standard InChI is InChI=1S/C11H13Cl2NOS/c12-8-1-2-11(10(13)5-8)15-6-9-7-16-4-3-14-9/h1-2,5,9,14H,3-4,6-7H2. The van der Waals surface area contributed by atoms with Gasteiger partial charge < -0.3 is 10.1 Å². The number of benzene rings is 1. The molecule has 1 saturated heterocycles. The van der Waals surface area contributed by atoms with Crippen LogP contribution in [0.5, 0.6) is 5.75 Å². The first-order chi connectivity index (χ1) is 7.75.